The largest absolute Gasteiger partial charge is 0.462 e. The van der Waals surface area contributed by atoms with Gasteiger partial charge in [0.2, 0.25) is 0 Å². The normalized spacial score (nSPS) is 34.1. The molecule has 73 heavy (non-hydrogen) atoms. The van der Waals surface area contributed by atoms with Crippen LogP contribution in [0.2, 0.25) is 0 Å². The maximum Gasteiger partial charge on any atom is 0.330 e. The third-order valence-electron chi connectivity index (χ3n) is 19.6. The number of fused-ring (bicyclic) bond motifs is 6. The second-order valence-electron chi connectivity index (χ2n) is 23.0. The first kappa shape index (κ1) is 56.4. The van der Waals surface area contributed by atoms with Crippen LogP contribution in [-0.2, 0) is 57.8 Å². The van der Waals surface area contributed by atoms with Crippen molar-refractivity contribution < 1.29 is 38.0 Å². The molecule has 0 spiro atoms. The predicted molar refractivity (Wildman–Crippen MR) is 293 cm³/mol. The summed E-state index contributed by atoms with van der Waals surface area (Å²) in [5.41, 5.74) is 4.85. The Morgan fingerprint density at radius 1 is 0.438 bits per heavy atom. The molecule has 398 valence electrons. The van der Waals surface area contributed by atoms with E-state index in [4.69, 9.17) is 28.4 Å². The Balaban J connectivity index is 0.000000163. The van der Waals surface area contributed by atoms with Crippen LogP contribution in [0.4, 0.5) is 0 Å². The standard InChI is InChI=1S/C27H34O2.C21H28O3.C17H28O3/c1-4-21-10-12-23(13-11-21)16-29-18-27-25-14-24(19(2)20(25)3)26(27)17-28-15-22-8-6-5-7-9-22;1-4-21(22)24-13-20-18-10-17(14(2)15(18)3)19(20)12-23-11-16-8-6-5-7-9-16;1-5-7-19-9-15-13-8-14(12(4)11(13)3)16(15)10-20-17(18)6-2/h4-13,19-20,24-27H,1,14-18H2,2-3H3;4-9,14-15,17-20H,1,10-13H2,2-3H3;6,11-16H,2,5,7-10H2,1,3-4H3/t19?,20?,24?,25?,26-,27+;14?,15?,17?,18?,19-,20+;11?,12?,13?,14?,15-,16+/m111/s1. The number of carbonyl (C=O) groups excluding carboxylic acids is 2. The molecular weight excluding hydrogens is 909 g/mol. The highest BCUT2D eigenvalue weighted by Gasteiger charge is 2.57. The molecule has 18 atom stereocenters. The van der Waals surface area contributed by atoms with E-state index in [9.17, 15) is 9.59 Å². The van der Waals surface area contributed by atoms with Crippen LogP contribution in [-0.4, -0.2) is 58.2 Å². The zero-order chi connectivity index (χ0) is 52.0. The minimum atomic E-state index is -0.317. The predicted octanol–water partition coefficient (Wildman–Crippen LogP) is 13.6. The summed E-state index contributed by atoms with van der Waals surface area (Å²) in [6.07, 6.45) is 9.31. The Morgan fingerprint density at radius 2 is 0.740 bits per heavy atom. The smallest absolute Gasteiger partial charge is 0.330 e. The number of carbonyl (C=O) groups is 2. The fourth-order valence-electron chi connectivity index (χ4n) is 15.0. The zero-order valence-electron chi connectivity index (χ0n) is 45.5. The summed E-state index contributed by atoms with van der Waals surface area (Å²) in [7, 11) is 0. The molecule has 0 amide bonds. The molecule has 6 aliphatic carbocycles. The first-order valence-corrected chi connectivity index (χ1v) is 28.1. The Kier molecular flexibility index (Phi) is 21.2. The van der Waals surface area contributed by atoms with E-state index < -0.39 is 0 Å². The van der Waals surface area contributed by atoms with Gasteiger partial charge in [-0.15, -0.1) is 0 Å². The van der Waals surface area contributed by atoms with Gasteiger partial charge in [0.15, 0.2) is 0 Å². The monoisotopic (exact) mass is 999 g/mol. The van der Waals surface area contributed by atoms with Gasteiger partial charge in [-0.05, 0) is 143 Å². The van der Waals surface area contributed by atoms with E-state index in [0.29, 0.717) is 92.2 Å². The maximum absolute atomic E-state index is 11.5. The lowest BCUT2D eigenvalue weighted by Crippen LogP contribution is -2.37. The fourth-order valence-corrected chi connectivity index (χ4v) is 15.0. The van der Waals surface area contributed by atoms with Crippen molar-refractivity contribution in [1.82, 2.24) is 0 Å². The number of hydrogen-bond donors (Lipinski definition) is 0. The van der Waals surface area contributed by atoms with Crippen molar-refractivity contribution in [2.45, 2.75) is 94.0 Å². The highest BCUT2D eigenvalue weighted by Crippen LogP contribution is 2.60. The molecule has 0 N–H and O–H groups in total. The third kappa shape index (κ3) is 13.9. The molecule has 12 unspecified atom stereocenters. The number of esters is 2. The van der Waals surface area contributed by atoms with Crippen molar-refractivity contribution in [2.75, 3.05) is 46.2 Å². The van der Waals surface area contributed by atoms with Gasteiger partial charge in [-0.25, -0.2) is 9.59 Å². The molecule has 3 aromatic carbocycles. The molecule has 0 saturated heterocycles. The number of hydrogen-bond acceptors (Lipinski definition) is 8. The van der Waals surface area contributed by atoms with Crippen LogP contribution in [0.15, 0.2) is 117 Å². The van der Waals surface area contributed by atoms with Crippen molar-refractivity contribution in [3.8, 4) is 0 Å². The summed E-state index contributed by atoms with van der Waals surface area (Å²) in [6.45, 7) is 34.4. The molecule has 8 nitrogen and oxygen atoms in total. The summed E-state index contributed by atoms with van der Waals surface area (Å²) in [5, 5.41) is 0. The molecule has 6 saturated carbocycles. The van der Waals surface area contributed by atoms with Gasteiger partial charge in [0, 0.05) is 30.6 Å². The molecule has 8 heteroatoms. The zero-order valence-corrected chi connectivity index (χ0v) is 45.5. The highest BCUT2D eigenvalue weighted by molar-refractivity contribution is 5.81. The first-order chi connectivity index (χ1) is 35.4. The van der Waals surface area contributed by atoms with Crippen molar-refractivity contribution >= 4 is 18.0 Å². The number of benzene rings is 3. The van der Waals surface area contributed by atoms with Crippen molar-refractivity contribution in [2.24, 2.45) is 107 Å². The number of rotatable bonds is 23. The SMILES string of the molecule is C=CC(=O)OC[C@H]1C2CC(C(C)C2C)[C@H]1COCCC.C=CC(=O)OC[C@H]1C2CC(C(C)C2C)[C@H]1COCc1ccccc1.C=Cc1ccc(COC[C@H]2C3CC(C(C)C3C)[C@H]2COCc2ccccc2)cc1. The van der Waals surface area contributed by atoms with Crippen molar-refractivity contribution in [3.63, 3.8) is 0 Å². The molecule has 9 rings (SSSR count). The average molecular weight is 999 g/mol. The molecule has 0 aliphatic heterocycles. The topological polar surface area (TPSA) is 89.5 Å². The van der Waals surface area contributed by atoms with Crippen molar-refractivity contribution in [1.29, 1.82) is 0 Å². The highest BCUT2D eigenvalue weighted by atomic mass is 16.5. The van der Waals surface area contributed by atoms with Gasteiger partial charge < -0.3 is 28.4 Å². The molecule has 0 heterocycles. The van der Waals surface area contributed by atoms with Crippen LogP contribution < -0.4 is 0 Å². The summed E-state index contributed by atoms with van der Waals surface area (Å²) in [4.78, 5) is 22.8. The molecule has 0 aromatic heterocycles. The second-order valence-corrected chi connectivity index (χ2v) is 23.0. The maximum atomic E-state index is 11.5. The minimum Gasteiger partial charge on any atom is -0.462 e. The van der Waals surface area contributed by atoms with Gasteiger partial charge in [-0.3, -0.25) is 0 Å². The molecular formula is C65H90O8. The van der Waals surface area contributed by atoms with E-state index in [2.05, 4.69) is 135 Å². The third-order valence-corrected chi connectivity index (χ3v) is 19.6. The molecule has 6 fully saturated rings. The Hall–Kier alpha value is -4.34. The summed E-state index contributed by atoms with van der Waals surface area (Å²) in [5.74, 6) is 11.4. The number of ether oxygens (including phenoxy) is 6. The lowest BCUT2D eigenvalue weighted by atomic mass is 9.70. The van der Waals surface area contributed by atoms with E-state index in [1.54, 1.807) is 0 Å². The quantitative estimate of drug-likeness (QED) is 0.0527. The summed E-state index contributed by atoms with van der Waals surface area (Å²) < 4.78 is 35.0. The lowest BCUT2D eigenvalue weighted by Gasteiger charge is -2.38. The Bertz CT molecular complexity index is 2170. The van der Waals surface area contributed by atoms with Gasteiger partial charge in [0.05, 0.1) is 59.5 Å². The molecule has 0 radical (unpaired) electrons. The van der Waals surface area contributed by atoms with Crippen molar-refractivity contribution in [3.05, 3.63) is 139 Å². The second kappa shape index (κ2) is 27.4. The van der Waals surface area contributed by atoms with Gasteiger partial charge >= 0.3 is 11.9 Å². The average Bonchev–Trinajstić information content (AvgIpc) is 4.25. The fraction of sp³-hybridized carbons (Fsp3) is 0.600. The Morgan fingerprint density at radius 3 is 1.04 bits per heavy atom. The van der Waals surface area contributed by atoms with Crippen LogP contribution in [0.25, 0.3) is 6.08 Å². The van der Waals surface area contributed by atoms with E-state index in [0.717, 1.165) is 92.4 Å². The van der Waals surface area contributed by atoms with E-state index in [1.165, 1.54) is 48.1 Å². The van der Waals surface area contributed by atoms with Crippen LogP contribution in [0.3, 0.4) is 0 Å². The van der Waals surface area contributed by atoms with E-state index in [-0.39, 0.29) is 11.9 Å². The molecule has 3 aromatic rings. The van der Waals surface area contributed by atoms with Crippen LogP contribution >= 0.6 is 0 Å². The van der Waals surface area contributed by atoms with E-state index >= 15 is 0 Å². The van der Waals surface area contributed by atoms with Crippen LogP contribution in [0.5, 0.6) is 0 Å². The van der Waals surface area contributed by atoms with Gasteiger partial charge in [0.25, 0.3) is 0 Å². The van der Waals surface area contributed by atoms with Crippen LogP contribution in [0, 0.1) is 107 Å². The van der Waals surface area contributed by atoms with E-state index in [1.807, 2.05) is 24.3 Å². The van der Waals surface area contributed by atoms with Gasteiger partial charge in [-0.2, -0.15) is 0 Å². The Labute approximate surface area is 440 Å². The first-order valence-electron chi connectivity index (χ1n) is 28.1. The van der Waals surface area contributed by atoms with Gasteiger partial charge in [-0.1, -0.05) is 159 Å². The lowest BCUT2D eigenvalue weighted by molar-refractivity contribution is -0.142. The summed E-state index contributed by atoms with van der Waals surface area (Å²) >= 11 is 0. The molecule has 6 aliphatic rings. The summed E-state index contributed by atoms with van der Waals surface area (Å²) in [6, 6.07) is 29.3. The van der Waals surface area contributed by atoms with Gasteiger partial charge in [0.1, 0.15) is 0 Å². The van der Waals surface area contributed by atoms with Crippen LogP contribution in [0.1, 0.15) is 96.4 Å². The molecule has 6 bridgehead atoms. The minimum absolute atomic E-state index is 0.304.